The van der Waals surface area contributed by atoms with Crippen molar-refractivity contribution in [1.29, 1.82) is 0 Å². The zero-order valence-electron chi connectivity index (χ0n) is 11.1. The van der Waals surface area contributed by atoms with Crippen LogP contribution >= 0.6 is 0 Å². The van der Waals surface area contributed by atoms with Crippen LogP contribution in [0.2, 0.25) is 0 Å². The Kier molecular flexibility index (Phi) is 4.60. The summed E-state index contributed by atoms with van der Waals surface area (Å²) in [5.74, 6) is 0. The predicted octanol–water partition coefficient (Wildman–Crippen LogP) is 2.49. The molecule has 1 aliphatic rings. The number of rotatable bonds is 6. The Morgan fingerprint density at radius 3 is 2.33 bits per heavy atom. The van der Waals surface area contributed by atoms with Crippen LogP contribution in [0.15, 0.2) is 0 Å². The van der Waals surface area contributed by atoms with E-state index in [1.807, 2.05) is 0 Å². The molecule has 15 heavy (non-hydrogen) atoms. The van der Waals surface area contributed by atoms with E-state index in [9.17, 15) is 0 Å². The summed E-state index contributed by atoms with van der Waals surface area (Å²) in [7, 11) is 2.26. The van der Waals surface area contributed by atoms with Crippen molar-refractivity contribution in [1.82, 2.24) is 10.2 Å². The number of hydrogen-bond acceptors (Lipinski definition) is 2. The maximum absolute atomic E-state index is 3.63. The van der Waals surface area contributed by atoms with Gasteiger partial charge < -0.3 is 10.2 Å². The van der Waals surface area contributed by atoms with Crippen LogP contribution in [0.5, 0.6) is 0 Å². The van der Waals surface area contributed by atoms with Gasteiger partial charge in [0.15, 0.2) is 0 Å². The molecule has 0 amide bonds. The van der Waals surface area contributed by atoms with E-state index in [0.717, 1.165) is 12.6 Å². The highest BCUT2D eigenvalue weighted by Crippen LogP contribution is 2.20. The second-order valence-electron chi connectivity index (χ2n) is 6.22. The van der Waals surface area contributed by atoms with Crippen LogP contribution in [0, 0.1) is 5.41 Å². The van der Waals surface area contributed by atoms with E-state index in [2.05, 4.69) is 45.0 Å². The van der Waals surface area contributed by atoms with Crippen LogP contribution in [0.1, 0.15) is 47.0 Å². The molecule has 0 spiro atoms. The largest absolute Gasteiger partial charge is 0.312 e. The summed E-state index contributed by atoms with van der Waals surface area (Å²) >= 11 is 0. The molecule has 90 valence electrons. The minimum absolute atomic E-state index is 0.405. The van der Waals surface area contributed by atoms with Gasteiger partial charge in [0.25, 0.3) is 0 Å². The minimum Gasteiger partial charge on any atom is -0.312 e. The van der Waals surface area contributed by atoms with Crippen molar-refractivity contribution in [2.45, 2.75) is 59.0 Å². The third kappa shape index (κ3) is 5.53. The average molecular weight is 212 g/mol. The molecule has 0 aliphatic heterocycles. The Balaban J connectivity index is 2.27. The molecule has 1 fully saturated rings. The molecule has 1 unspecified atom stereocenters. The molecular weight excluding hydrogens is 184 g/mol. The number of nitrogens with one attached hydrogen (secondary N) is 1. The molecule has 0 aromatic heterocycles. The summed E-state index contributed by atoms with van der Waals surface area (Å²) in [6, 6.07) is 1.53. The van der Waals surface area contributed by atoms with Crippen LogP contribution in [0.25, 0.3) is 0 Å². The van der Waals surface area contributed by atoms with Gasteiger partial charge in [-0.25, -0.2) is 0 Å². The van der Waals surface area contributed by atoms with Gasteiger partial charge in [-0.05, 0) is 31.7 Å². The first-order chi connectivity index (χ1) is 6.92. The molecule has 1 N–H and O–H groups in total. The molecule has 1 atom stereocenters. The lowest BCUT2D eigenvalue weighted by atomic mass is 9.95. The standard InChI is InChI=1S/C13H28N2/c1-6-12(9-14-11-7-8-11)15(5)10-13(2,3)4/h11-12,14H,6-10H2,1-5H3. The molecular formula is C13H28N2. The highest BCUT2D eigenvalue weighted by Gasteiger charge is 2.24. The second kappa shape index (κ2) is 5.31. The quantitative estimate of drug-likeness (QED) is 0.728. The van der Waals surface area contributed by atoms with Crippen molar-refractivity contribution in [3.05, 3.63) is 0 Å². The summed E-state index contributed by atoms with van der Waals surface area (Å²) in [6.45, 7) is 11.6. The van der Waals surface area contributed by atoms with Crippen molar-refractivity contribution in [2.75, 3.05) is 20.1 Å². The van der Waals surface area contributed by atoms with Gasteiger partial charge in [-0.2, -0.15) is 0 Å². The summed E-state index contributed by atoms with van der Waals surface area (Å²) in [5.41, 5.74) is 0.405. The lowest BCUT2D eigenvalue weighted by molar-refractivity contribution is 0.164. The van der Waals surface area contributed by atoms with Crippen LogP contribution in [0.3, 0.4) is 0 Å². The smallest absolute Gasteiger partial charge is 0.0215 e. The zero-order chi connectivity index (χ0) is 11.5. The normalized spacial score (nSPS) is 19.6. The Morgan fingerprint density at radius 2 is 1.93 bits per heavy atom. The van der Waals surface area contributed by atoms with E-state index in [1.54, 1.807) is 0 Å². The van der Waals surface area contributed by atoms with Crippen LogP contribution < -0.4 is 5.32 Å². The average Bonchev–Trinajstić information content (AvgIpc) is 2.85. The van der Waals surface area contributed by atoms with E-state index >= 15 is 0 Å². The molecule has 1 rings (SSSR count). The van der Waals surface area contributed by atoms with Gasteiger partial charge >= 0.3 is 0 Å². The molecule has 0 bridgehead atoms. The Labute approximate surface area is 95.4 Å². The molecule has 1 saturated carbocycles. The van der Waals surface area contributed by atoms with Gasteiger partial charge in [-0.3, -0.25) is 0 Å². The fraction of sp³-hybridized carbons (Fsp3) is 1.00. The van der Waals surface area contributed by atoms with Gasteiger partial charge in [0.1, 0.15) is 0 Å². The van der Waals surface area contributed by atoms with Crippen molar-refractivity contribution in [3.8, 4) is 0 Å². The number of hydrogen-bond donors (Lipinski definition) is 1. The Morgan fingerprint density at radius 1 is 1.33 bits per heavy atom. The van der Waals surface area contributed by atoms with E-state index in [0.29, 0.717) is 11.5 Å². The van der Waals surface area contributed by atoms with E-state index < -0.39 is 0 Å². The third-order valence-corrected chi connectivity index (χ3v) is 3.04. The first kappa shape index (κ1) is 13.0. The highest BCUT2D eigenvalue weighted by molar-refractivity contribution is 4.84. The van der Waals surface area contributed by atoms with Gasteiger partial charge in [0, 0.05) is 25.2 Å². The first-order valence-corrected chi connectivity index (χ1v) is 6.36. The summed E-state index contributed by atoms with van der Waals surface area (Å²) < 4.78 is 0. The molecule has 1 aliphatic carbocycles. The number of nitrogens with zero attached hydrogens (tertiary/aromatic N) is 1. The second-order valence-corrected chi connectivity index (χ2v) is 6.22. The van der Waals surface area contributed by atoms with Crippen LogP contribution in [-0.2, 0) is 0 Å². The highest BCUT2D eigenvalue weighted by atomic mass is 15.2. The lowest BCUT2D eigenvalue weighted by Gasteiger charge is -2.33. The Bertz CT molecular complexity index is 179. The van der Waals surface area contributed by atoms with Gasteiger partial charge in [0.05, 0.1) is 0 Å². The number of likely N-dealkylation sites (N-methyl/N-ethyl adjacent to an activating group) is 1. The topological polar surface area (TPSA) is 15.3 Å². The van der Waals surface area contributed by atoms with Crippen molar-refractivity contribution in [3.63, 3.8) is 0 Å². The molecule has 2 nitrogen and oxygen atoms in total. The van der Waals surface area contributed by atoms with Crippen LogP contribution in [0.4, 0.5) is 0 Å². The van der Waals surface area contributed by atoms with Gasteiger partial charge in [0.2, 0.25) is 0 Å². The molecule has 0 saturated heterocycles. The molecule has 0 aromatic carbocycles. The summed E-state index contributed by atoms with van der Waals surface area (Å²) in [6.07, 6.45) is 4.02. The van der Waals surface area contributed by atoms with Crippen molar-refractivity contribution < 1.29 is 0 Å². The minimum atomic E-state index is 0.405. The van der Waals surface area contributed by atoms with Crippen LogP contribution in [-0.4, -0.2) is 37.1 Å². The van der Waals surface area contributed by atoms with E-state index in [1.165, 1.54) is 25.8 Å². The molecule has 0 heterocycles. The molecule has 0 aromatic rings. The zero-order valence-corrected chi connectivity index (χ0v) is 11.1. The van der Waals surface area contributed by atoms with E-state index in [-0.39, 0.29) is 0 Å². The van der Waals surface area contributed by atoms with E-state index in [4.69, 9.17) is 0 Å². The Hall–Kier alpha value is -0.0800. The van der Waals surface area contributed by atoms with Crippen molar-refractivity contribution >= 4 is 0 Å². The molecule has 2 heteroatoms. The fourth-order valence-electron chi connectivity index (χ4n) is 2.08. The SMILES string of the molecule is CCC(CNC1CC1)N(C)CC(C)(C)C. The fourth-order valence-corrected chi connectivity index (χ4v) is 2.08. The monoisotopic (exact) mass is 212 g/mol. The third-order valence-electron chi connectivity index (χ3n) is 3.04. The predicted molar refractivity (Wildman–Crippen MR) is 67.2 cm³/mol. The van der Waals surface area contributed by atoms with Gasteiger partial charge in [-0.15, -0.1) is 0 Å². The van der Waals surface area contributed by atoms with Gasteiger partial charge in [-0.1, -0.05) is 27.7 Å². The summed E-state index contributed by atoms with van der Waals surface area (Å²) in [4.78, 5) is 2.51. The lowest BCUT2D eigenvalue weighted by Crippen LogP contribution is -2.43. The first-order valence-electron chi connectivity index (χ1n) is 6.36. The molecule has 0 radical (unpaired) electrons. The van der Waals surface area contributed by atoms with Crippen molar-refractivity contribution in [2.24, 2.45) is 5.41 Å². The maximum atomic E-state index is 3.63. The maximum Gasteiger partial charge on any atom is 0.0215 e. The summed E-state index contributed by atoms with van der Waals surface area (Å²) in [5, 5.41) is 3.63.